The molecule has 2 atom stereocenters. The second kappa shape index (κ2) is 7.20. The van der Waals surface area contributed by atoms with Gasteiger partial charge in [0.1, 0.15) is 5.82 Å². The lowest BCUT2D eigenvalue weighted by molar-refractivity contribution is 0.182. The van der Waals surface area contributed by atoms with E-state index in [1.165, 1.54) is 12.8 Å². The second-order valence-corrected chi connectivity index (χ2v) is 7.68. The summed E-state index contributed by atoms with van der Waals surface area (Å²) in [5.74, 6) is 1.04. The first-order valence-electron chi connectivity index (χ1n) is 9.64. The summed E-state index contributed by atoms with van der Waals surface area (Å²) < 4.78 is 0. The van der Waals surface area contributed by atoms with Gasteiger partial charge >= 0.3 is 6.03 Å². The van der Waals surface area contributed by atoms with Crippen molar-refractivity contribution in [1.82, 2.24) is 20.1 Å². The van der Waals surface area contributed by atoms with Gasteiger partial charge in [-0.15, -0.1) is 0 Å². The molecule has 136 valence electrons. The van der Waals surface area contributed by atoms with Gasteiger partial charge in [-0.1, -0.05) is 6.07 Å². The molecule has 0 saturated carbocycles. The molecule has 3 fully saturated rings. The Morgan fingerprint density at radius 3 is 2.64 bits per heavy atom. The molecule has 4 heterocycles. The number of amides is 2. The van der Waals surface area contributed by atoms with Crippen molar-refractivity contribution in [2.24, 2.45) is 0 Å². The standard InChI is InChI=1S/C19H29N5O/c1-22-16-5-6-17(22)14-24(13-9-16)19(25)21-15-7-11-23(12-8-15)18-4-2-3-10-20-18/h2-4,10,15-17H,5-9,11-14H2,1H3,(H,21,25)/t16-,17-/m0/s1. The molecule has 1 aromatic heterocycles. The van der Waals surface area contributed by atoms with Gasteiger partial charge in [-0.25, -0.2) is 9.78 Å². The molecule has 0 aliphatic carbocycles. The SMILES string of the molecule is CN1[C@H]2CC[C@H]1CN(C(=O)NC1CCN(c3ccccn3)CC1)CC2. The molecule has 2 amide bonds. The number of nitrogens with one attached hydrogen (secondary N) is 1. The summed E-state index contributed by atoms with van der Waals surface area (Å²) in [5.41, 5.74) is 0. The number of piperidine rings is 1. The van der Waals surface area contributed by atoms with E-state index < -0.39 is 0 Å². The van der Waals surface area contributed by atoms with Crippen LogP contribution in [-0.4, -0.2) is 72.2 Å². The van der Waals surface area contributed by atoms with Gasteiger partial charge in [-0.3, -0.25) is 4.90 Å². The van der Waals surface area contributed by atoms with E-state index in [-0.39, 0.29) is 12.1 Å². The summed E-state index contributed by atoms with van der Waals surface area (Å²) in [6, 6.07) is 7.67. The predicted molar refractivity (Wildman–Crippen MR) is 98.8 cm³/mol. The molecule has 0 aromatic carbocycles. The highest BCUT2D eigenvalue weighted by atomic mass is 16.2. The third-order valence-corrected chi connectivity index (χ3v) is 6.23. The average Bonchev–Trinajstić information content (AvgIpc) is 2.88. The first-order valence-corrected chi connectivity index (χ1v) is 9.64. The quantitative estimate of drug-likeness (QED) is 0.891. The number of anilines is 1. The van der Waals surface area contributed by atoms with Crippen LogP contribution in [0.15, 0.2) is 24.4 Å². The maximum atomic E-state index is 12.7. The van der Waals surface area contributed by atoms with Gasteiger partial charge in [-0.2, -0.15) is 0 Å². The minimum absolute atomic E-state index is 0.136. The Morgan fingerprint density at radius 1 is 1.08 bits per heavy atom. The molecule has 6 nitrogen and oxygen atoms in total. The summed E-state index contributed by atoms with van der Waals surface area (Å²) in [4.78, 5) is 24.0. The van der Waals surface area contributed by atoms with Crippen molar-refractivity contribution in [2.75, 3.05) is 38.1 Å². The molecule has 0 spiro atoms. The minimum atomic E-state index is 0.136. The number of fused-ring (bicyclic) bond motifs is 2. The Morgan fingerprint density at radius 2 is 1.88 bits per heavy atom. The Hall–Kier alpha value is -1.82. The fourth-order valence-corrected chi connectivity index (χ4v) is 4.55. The van der Waals surface area contributed by atoms with Crippen LogP contribution in [0.2, 0.25) is 0 Å². The second-order valence-electron chi connectivity index (χ2n) is 7.68. The van der Waals surface area contributed by atoms with Crippen molar-refractivity contribution in [3.8, 4) is 0 Å². The number of carbonyl (C=O) groups excluding carboxylic acids is 1. The highest BCUT2D eigenvalue weighted by Crippen LogP contribution is 2.28. The van der Waals surface area contributed by atoms with Crippen molar-refractivity contribution >= 4 is 11.8 Å². The molecule has 6 heteroatoms. The van der Waals surface area contributed by atoms with E-state index in [2.05, 4.69) is 33.2 Å². The van der Waals surface area contributed by atoms with Crippen LogP contribution in [-0.2, 0) is 0 Å². The maximum Gasteiger partial charge on any atom is 0.317 e. The van der Waals surface area contributed by atoms with Gasteiger partial charge < -0.3 is 15.1 Å². The van der Waals surface area contributed by atoms with Crippen LogP contribution in [0.4, 0.5) is 10.6 Å². The van der Waals surface area contributed by atoms with Gasteiger partial charge in [0.05, 0.1) is 0 Å². The predicted octanol–water partition coefficient (Wildman–Crippen LogP) is 1.93. The molecule has 3 aliphatic rings. The van der Waals surface area contributed by atoms with E-state index in [0.717, 1.165) is 51.3 Å². The summed E-state index contributed by atoms with van der Waals surface area (Å²) >= 11 is 0. The van der Waals surface area contributed by atoms with Crippen LogP contribution in [0.3, 0.4) is 0 Å². The summed E-state index contributed by atoms with van der Waals surface area (Å²) in [7, 11) is 2.22. The molecule has 0 radical (unpaired) electrons. The molecule has 25 heavy (non-hydrogen) atoms. The molecule has 3 saturated heterocycles. The molecule has 1 aromatic rings. The molecule has 2 bridgehead atoms. The van der Waals surface area contributed by atoms with Crippen LogP contribution in [0, 0.1) is 0 Å². The Balaban J connectivity index is 1.28. The van der Waals surface area contributed by atoms with Crippen molar-refractivity contribution in [3.05, 3.63) is 24.4 Å². The van der Waals surface area contributed by atoms with E-state index in [1.54, 1.807) is 0 Å². The van der Waals surface area contributed by atoms with Gasteiger partial charge in [0.25, 0.3) is 0 Å². The number of hydrogen-bond donors (Lipinski definition) is 1. The van der Waals surface area contributed by atoms with Crippen LogP contribution >= 0.6 is 0 Å². The van der Waals surface area contributed by atoms with Gasteiger partial charge in [-0.05, 0) is 51.3 Å². The highest BCUT2D eigenvalue weighted by molar-refractivity contribution is 5.74. The van der Waals surface area contributed by atoms with Gasteiger partial charge in [0.2, 0.25) is 0 Å². The largest absolute Gasteiger partial charge is 0.356 e. The topological polar surface area (TPSA) is 51.7 Å². The fraction of sp³-hybridized carbons (Fsp3) is 0.684. The highest BCUT2D eigenvalue weighted by Gasteiger charge is 2.36. The zero-order valence-corrected chi connectivity index (χ0v) is 15.1. The minimum Gasteiger partial charge on any atom is -0.356 e. The monoisotopic (exact) mass is 343 g/mol. The van der Waals surface area contributed by atoms with E-state index in [0.29, 0.717) is 12.1 Å². The number of urea groups is 1. The third-order valence-electron chi connectivity index (χ3n) is 6.23. The van der Waals surface area contributed by atoms with E-state index in [4.69, 9.17) is 0 Å². The molecular formula is C19H29N5O. The van der Waals surface area contributed by atoms with E-state index in [1.807, 2.05) is 23.2 Å². The zero-order valence-electron chi connectivity index (χ0n) is 15.1. The first-order chi connectivity index (χ1) is 12.2. The lowest BCUT2D eigenvalue weighted by Gasteiger charge is -2.34. The average molecular weight is 343 g/mol. The number of aromatic nitrogens is 1. The third kappa shape index (κ3) is 3.59. The van der Waals surface area contributed by atoms with Gasteiger partial charge in [0, 0.05) is 50.5 Å². The van der Waals surface area contributed by atoms with Crippen molar-refractivity contribution in [1.29, 1.82) is 0 Å². The number of hydrogen-bond acceptors (Lipinski definition) is 4. The summed E-state index contributed by atoms with van der Waals surface area (Å²) in [5, 5.41) is 3.28. The number of likely N-dealkylation sites (tertiary alicyclic amines) is 1. The molecule has 1 N–H and O–H groups in total. The number of rotatable bonds is 2. The number of nitrogens with zero attached hydrogens (tertiary/aromatic N) is 4. The van der Waals surface area contributed by atoms with Crippen molar-refractivity contribution in [2.45, 2.75) is 50.2 Å². The van der Waals surface area contributed by atoms with Crippen LogP contribution in [0.25, 0.3) is 0 Å². The zero-order chi connectivity index (χ0) is 17.2. The Bertz CT molecular complexity index is 587. The van der Waals surface area contributed by atoms with Crippen molar-refractivity contribution < 1.29 is 4.79 Å². The van der Waals surface area contributed by atoms with E-state index in [9.17, 15) is 4.79 Å². The lowest BCUT2D eigenvalue weighted by atomic mass is 10.0. The van der Waals surface area contributed by atoms with Crippen LogP contribution < -0.4 is 10.2 Å². The number of likely N-dealkylation sites (N-methyl/N-ethyl adjacent to an activating group) is 1. The summed E-state index contributed by atoms with van der Waals surface area (Å²) in [6.07, 6.45) is 7.45. The lowest BCUT2D eigenvalue weighted by Crippen LogP contribution is -2.51. The first kappa shape index (κ1) is 16.6. The van der Waals surface area contributed by atoms with Crippen LogP contribution in [0.1, 0.15) is 32.1 Å². The van der Waals surface area contributed by atoms with Gasteiger partial charge in [0.15, 0.2) is 0 Å². The summed E-state index contributed by atoms with van der Waals surface area (Å²) in [6.45, 7) is 3.68. The Kier molecular flexibility index (Phi) is 4.79. The molecule has 0 unspecified atom stereocenters. The number of pyridine rings is 1. The number of carbonyl (C=O) groups is 1. The molecule has 4 rings (SSSR count). The van der Waals surface area contributed by atoms with E-state index >= 15 is 0 Å². The Labute approximate surface area is 150 Å². The van der Waals surface area contributed by atoms with Crippen molar-refractivity contribution in [3.63, 3.8) is 0 Å². The smallest absolute Gasteiger partial charge is 0.317 e. The molecule has 3 aliphatic heterocycles. The van der Waals surface area contributed by atoms with Crippen LogP contribution in [0.5, 0.6) is 0 Å². The fourth-order valence-electron chi connectivity index (χ4n) is 4.55. The molecular weight excluding hydrogens is 314 g/mol. The normalized spacial score (nSPS) is 28.0. The maximum absolute atomic E-state index is 12.7.